The van der Waals surface area contributed by atoms with E-state index in [1.165, 1.54) is 7.05 Å². The molecular weight excluding hydrogens is 406 g/mol. The van der Waals surface area contributed by atoms with Gasteiger partial charge in [-0.25, -0.2) is 13.2 Å². The molecule has 0 spiro atoms. The molecule has 0 radical (unpaired) electrons. The van der Waals surface area contributed by atoms with E-state index in [9.17, 15) is 28.1 Å². The highest BCUT2D eigenvalue weighted by Crippen LogP contribution is 2.30. The lowest BCUT2D eigenvalue weighted by atomic mass is 10.2. The summed E-state index contributed by atoms with van der Waals surface area (Å²) in [5, 5.41) is 20.0. The second-order valence-electron chi connectivity index (χ2n) is 5.73. The molecule has 0 atom stereocenters. The number of hydrogen-bond acceptors (Lipinski definition) is 7. The number of carboxylic acid groups (broad SMARTS) is 1. The zero-order valence-electron chi connectivity index (χ0n) is 15.1. The van der Waals surface area contributed by atoms with Crippen molar-refractivity contribution in [2.45, 2.75) is 11.5 Å². The van der Waals surface area contributed by atoms with Gasteiger partial charge in [-0.1, -0.05) is 30.3 Å². The van der Waals surface area contributed by atoms with Gasteiger partial charge in [-0.15, -0.1) is 0 Å². The van der Waals surface area contributed by atoms with E-state index in [1.807, 2.05) is 0 Å². The molecule has 2 aromatic carbocycles. The van der Waals surface area contributed by atoms with Crippen molar-refractivity contribution in [1.82, 2.24) is 4.72 Å². The summed E-state index contributed by atoms with van der Waals surface area (Å²) in [5.74, 6) is -1.42. The summed E-state index contributed by atoms with van der Waals surface area (Å²) < 4.78 is 31.1. The average molecular weight is 423 g/mol. The quantitative estimate of drug-likeness (QED) is 0.480. The fourth-order valence-corrected chi connectivity index (χ4v) is 3.25. The molecule has 2 aromatic rings. The van der Waals surface area contributed by atoms with Crippen LogP contribution in [0.4, 0.5) is 16.2 Å². The second-order valence-corrected chi connectivity index (χ2v) is 7.49. The van der Waals surface area contributed by atoms with E-state index in [0.29, 0.717) is 0 Å². The number of amides is 1. The monoisotopic (exact) mass is 423 g/mol. The Morgan fingerprint density at radius 3 is 2.45 bits per heavy atom. The van der Waals surface area contributed by atoms with Crippen molar-refractivity contribution in [2.75, 3.05) is 18.5 Å². The van der Waals surface area contributed by atoms with Crippen molar-refractivity contribution in [2.24, 2.45) is 0 Å². The number of rotatable bonds is 8. The number of carboxylic acids is 1. The summed E-state index contributed by atoms with van der Waals surface area (Å²) in [5.41, 5.74) is -0.137. The van der Waals surface area contributed by atoms with Gasteiger partial charge < -0.3 is 9.84 Å². The maximum atomic E-state index is 12.2. The van der Waals surface area contributed by atoms with Crippen LogP contribution in [0.25, 0.3) is 0 Å². The number of carbonyl (C=O) groups excluding carboxylic acids is 1. The molecule has 12 heteroatoms. The van der Waals surface area contributed by atoms with Crippen molar-refractivity contribution in [3.05, 3.63) is 64.2 Å². The molecule has 0 fully saturated rings. The van der Waals surface area contributed by atoms with Crippen LogP contribution in [0.3, 0.4) is 0 Å². The summed E-state index contributed by atoms with van der Waals surface area (Å²) in [6, 6.07) is 11.6. The van der Waals surface area contributed by atoms with Gasteiger partial charge in [0.1, 0.15) is 18.8 Å². The Morgan fingerprint density at radius 2 is 1.86 bits per heavy atom. The van der Waals surface area contributed by atoms with Gasteiger partial charge in [0.2, 0.25) is 10.0 Å². The van der Waals surface area contributed by atoms with E-state index in [0.717, 1.165) is 28.7 Å². The summed E-state index contributed by atoms with van der Waals surface area (Å²) in [7, 11) is -3.05. The van der Waals surface area contributed by atoms with Gasteiger partial charge >= 0.3 is 12.1 Å². The highest BCUT2D eigenvalue weighted by Gasteiger charge is 2.26. The molecule has 0 heterocycles. The van der Waals surface area contributed by atoms with Crippen LogP contribution in [-0.4, -0.2) is 44.1 Å². The normalized spacial score (nSPS) is 10.9. The third kappa shape index (κ3) is 5.73. The third-order valence-electron chi connectivity index (χ3n) is 3.71. The minimum Gasteiger partial charge on any atom is -0.480 e. The molecule has 2 N–H and O–H groups in total. The van der Waals surface area contributed by atoms with Crippen molar-refractivity contribution >= 4 is 33.5 Å². The smallest absolute Gasteiger partial charge is 0.414 e. The van der Waals surface area contributed by atoms with Gasteiger partial charge in [-0.2, -0.15) is 4.72 Å². The molecular formula is C17H17N3O8S. The minimum atomic E-state index is -4.29. The van der Waals surface area contributed by atoms with E-state index >= 15 is 0 Å². The Bertz CT molecular complexity index is 1020. The van der Waals surface area contributed by atoms with Gasteiger partial charge in [0, 0.05) is 13.1 Å². The van der Waals surface area contributed by atoms with E-state index in [4.69, 9.17) is 9.84 Å². The first-order valence-corrected chi connectivity index (χ1v) is 9.54. The number of anilines is 1. The van der Waals surface area contributed by atoms with Crippen LogP contribution < -0.4 is 9.62 Å². The largest absolute Gasteiger partial charge is 0.480 e. The number of carbonyl (C=O) groups is 2. The third-order valence-corrected chi connectivity index (χ3v) is 5.11. The lowest BCUT2D eigenvalue weighted by molar-refractivity contribution is -0.384. The first kappa shape index (κ1) is 21.8. The fourth-order valence-electron chi connectivity index (χ4n) is 2.25. The molecule has 2 rings (SSSR count). The minimum absolute atomic E-state index is 0.0522. The Morgan fingerprint density at radius 1 is 1.21 bits per heavy atom. The lowest BCUT2D eigenvalue weighted by Crippen LogP contribution is -2.30. The molecule has 0 saturated heterocycles. The fraction of sp³-hybridized carbons (Fsp3) is 0.176. The van der Waals surface area contributed by atoms with Gasteiger partial charge in [-0.05, 0) is 17.7 Å². The molecule has 0 saturated carbocycles. The molecule has 0 aromatic heterocycles. The zero-order chi connectivity index (χ0) is 21.6. The number of benzene rings is 2. The standard InChI is InChI=1S/C17H17N3O8S/c1-19(17(23)28-11-12-5-3-2-4-6-12)14-8-7-13(9-15(14)20(24)25)29(26,27)18-10-16(21)22/h2-9,18H,10-11H2,1H3,(H,21,22). The summed E-state index contributed by atoms with van der Waals surface area (Å²) in [6.45, 7) is -0.938. The number of aliphatic carboxylic acids is 1. The molecule has 154 valence electrons. The van der Waals surface area contributed by atoms with Crippen molar-refractivity contribution in [3.8, 4) is 0 Å². The topological polar surface area (TPSA) is 156 Å². The zero-order valence-corrected chi connectivity index (χ0v) is 16.0. The Balaban J connectivity index is 2.24. The first-order valence-electron chi connectivity index (χ1n) is 8.06. The molecule has 0 bridgehead atoms. The first-order chi connectivity index (χ1) is 13.6. The highest BCUT2D eigenvalue weighted by atomic mass is 32.2. The number of nitro groups is 1. The average Bonchev–Trinajstić information content (AvgIpc) is 2.70. The van der Waals surface area contributed by atoms with Crippen LogP contribution in [0.15, 0.2) is 53.4 Å². The van der Waals surface area contributed by atoms with Crippen LogP contribution in [0.2, 0.25) is 0 Å². The van der Waals surface area contributed by atoms with Gasteiger partial charge in [0.15, 0.2) is 0 Å². The highest BCUT2D eigenvalue weighted by molar-refractivity contribution is 7.89. The molecule has 0 aliphatic heterocycles. The molecule has 0 aliphatic rings. The number of sulfonamides is 1. The molecule has 0 unspecified atom stereocenters. The van der Waals surface area contributed by atoms with Crippen LogP contribution in [0.1, 0.15) is 5.56 Å². The Hall–Kier alpha value is -3.51. The molecule has 1 amide bonds. The van der Waals surface area contributed by atoms with Crippen LogP contribution in [-0.2, 0) is 26.2 Å². The van der Waals surface area contributed by atoms with E-state index in [-0.39, 0.29) is 12.3 Å². The predicted octanol–water partition coefficient (Wildman–Crippen LogP) is 1.73. The van der Waals surface area contributed by atoms with Crippen molar-refractivity contribution in [3.63, 3.8) is 0 Å². The lowest BCUT2D eigenvalue weighted by Gasteiger charge is -2.17. The molecule has 0 aliphatic carbocycles. The maximum Gasteiger partial charge on any atom is 0.414 e. The van der Waals surface area contributed by atoms with Gasteiger partial charge in [0.25, 0.3) is 5.69 Å². The van der Waals surface area contributed by atoms with Crippen LogP contribution >= 0.6 is 0 Å². The van der Waals surface area contributed by atoms with Crippen LogP contribution in [0.5, 0.6) is 0 Å². The number of nitro benzene ring substituents is 1. The van der Waals surface area contributed by atoms with Crippen LogP contribution in [0, 0.1) is 10.1 Å². The van der Waals surface area contributed by atoms with Crippen molar-refractivity contribution in [1.29, 1.82) is 0 Å². The second kappa shape index (κ2) is 9.12. The predicted molar refractivity (Wildman–Crippen MR) is 101 cm³/mol. The number of hydrogen-bond donors (Lipinski definition) is 2. The SMILES string of the molecule is CN(C(=O)OCc1ccccc1)c1ccc(S(=O)(=O)NCC(=O)O)cc1[N+](=O)[O-]. The maximum absolute atomic E-state index is 12.2. The summed E-state index contributed by atoms with van der Waals surface area (Å²) in [6.07, 6.45) is -0.878. The van der Waals surface area contributed by atoms with E-state index < -0.39 is 44.1 Å². The number of nitrogens with one attached hydrogen (secondary N) is 1. The van der Waals surface area contributed by atoms with Crippen molar-refractivity contribution < 1.29 is 32.8 Å². The number of ether oxygens (including phenoxy) is 1. The van der Waals surface area contributed by atoms with Gasteiger partial charge in [-0.3, -0.25) is 19.8 Å². The van der Waals surface area contributed by atoms with E-state index in [2.05, 4.69) is 0 Å². The molecule has 11 nitrogen and oxygen atoms in total. The van der Waals surface area contributed by atoms with Gasteiger partial charge in [0.05, 0.1) is 9.82 Å². The van der Waals surface area contributed by atoms with E-state index in [1.54, 1.807) is 35.1 Å². The molecule has 29 heavy (non-hydrogen) atoms. The summed E-state index contributed by atoms with van der Waals surface area (Å²) >= 11 is 0. The Kier molecular flexibility index (Phi) is 6.85. The Labute approximate surface area is 165 Å². The number of nitrogens with zero attached hydrogens (tertiary/aromatic N) is 2. The summed E-state index contributed by atoms with van der Waals surface area (Å²) in [4.78, 5) is 33.7.